The molecule has 2 saturated heterocycles. The summed E-state index contributed by atoms with van der Waals surface area (Å²) >= 11 is 12.7. The first-order chi connectivity index (χ1) is 21.0. The van der Waals surface area contributed by atoms with Gasteiger partial charge in [0.05, 0.1) is 11.5 Å². The number of hydrogen-bond acceptors (Lipinski definition) is 9. The van der Waals surface area contributed by atoms with Gasteiger partial charge in [0.15, 0.2) is 16.8 Å². The SMILES string of the molecule is CC(=O)OC1(c2nc(N3CC([C@H]4CCCN(C5CC(C)(C(=O)O)C5)C4)C3)nc3c2nnn3[C@H](C)c2ccc(Cl)cc2Cl)CC1. The van der Waals surface area contributed by atoms with E-state index in [9.17, 15) is 14.7 Å². The van der Waals surface area contributed by atoms with Crippen LogP contribution in [0.1, 0.15) is 76.6 Å². The zero-order valence-electron chi connectivity index (χ0n) is 25.2. The molecule has 1 N–H and O–H groups in total. The zero-order chi connectivity index (χ0) is 31.0. The molecule has 0 amide bonds. The topological polar surface area (TPSA) is 127 Å². The van der Waals surface area contributed by atoms with Crippen molar-refractivity contribution in [3.05, 3.63) is 39.5 Å². The van der Waals surface area contributed by atoms with Gasteiger partial charge < -0.3 is 19.6 Å². The number of fused-ring (bicyclic) bond motifs is 1. The predicted octanol–water partition coefficient (Wildman–Crippen LogP) is 5.09. The van der Waals surface area contributed by atoms with Crippen LogP contribution in [0.25, 0.3) is 11.2 Å². The summed E-state index contributed by atoms with van der Waals surface area (Å²) in [5.74, 6) is 0.603. The van der Waals surface area contributed by atoms with Gasteiger partial charge in [-0.1, -0.05) is 34.5 Å². The van der Waals surface area contributed by atoms with Crippen LogP contribution < -0.4 is 4.90 Å². The highest BCUT2D eigenvalue weighted by Gasteiger charge is 2.53. The minimum atomic E-state index is -0.814. The molecule has 13 heteroatoms. The first kappa shape index (κ1) is 29.7. The first-order valence-electron chi connectivity index (χ1n) is 15.5. The van der Waals surface area contributed by atoms with Crippen LogP contribution in [-0.4, -0.2) is 79.1 Å². The Labute approximate surface area is 265 Å². The first-order valence-corrected chi connectivity index (χ1v) is 16.2. The second kappa shape index (κ2) is 10.8. The van der Waals surface area contributed by atoms with Crippen LogP contribution in [0.5, 0.6) is 0 Å². The third-order valence-electron chi connectivity index (χ3n) is 10.3. The Morgan fingerprint density at radius 1 is 1.11 bits per heavy atom. The highest BCUT2D eigenvalue weighted by Crippen LogP contribution is 2.51. The average Bonchev–Trinajstić information content (AvgIpc) is 3.57. The quantitative estimate of drug-likeness (QED) is 0.332. The Bertz CT molecular complexity index is 1630. The number of nitrogens with zero attached hydrogens (tertiary/aromatic N) is 7. The number of aromatic nitrogens is 5. The van der Waals surface area contributed by atoms with Gasteiger partial charge in [-0.15, -0.1) is 5.10 Å². The lowest BCUT2D eigenvalue weighted by Crippen LogP contribution is -2.58. The lowest BCUT2D eigenvalue weighted by molar-refractivity contribution is -0.158. The molecule has 234 valence electrons. The predicted molar refractivity (Wildman–Crippen MR) is 165 cm³/mol. The van der Waals surface area contributed by atoms with Crippen molar-refractivity contribution < 1.29 is 19.4 Å². The third-order valence-corrected chi connectivity index (χ3v) is 10.9. The van der Waals surface area contributed by atoms with Gasteiger partial charge in [-0.05, 0) is 88.4 Å². The Balaban J connectivity index is 1.14. The van der Waals surface area contributed by atoms with Crippen molar-refractivity contribution in [1.82, 2.24) is 29.9 Å². The number of anilines is 1. The molecule has 0 bridgehead atoms. The van der Waals surface area contributed by atoms with Crippen molar-refractivity contribution in [2.75, 3.05) is 31.1 Å². The van der Waals surface area contributed by atoms with E-state index in [4.69, 9.17) is 37.9 Å². The van der Waals surface area contributed by atoms with Crippen molar-refractivity contribution in [3.8, 4) is 0 Å². The summed E-state index contributed by atoms with van der Waals surface area (Å²) in [6.07, 6.45) is 5.11. The molecule has 2 aliphatic carbocycles. The zero-order valence-corrected chi connectivity index (χ0v) is 26.7. The Hall–Kier alpha value is -3.02. The monoisotopic (exact) mass is 641 g/mol. The van der Waals surface area contributed by atoms with Gasteiger partial charge in [-0.3, -0.25) is 9.59 Å². The van der Waals surface area contributed by atoms with E-state index in [0.29, 0.717) is 63.6 Å². The minimum Gasteiger partial charge on any atom is -0.481 e. The molecule has 11 nitrogen and oxygen atoms in total. The fourth-order valence-electron chi connectivity index (χ4n) is 7.43. The molecule has 0 unspecified atom stereocenters. The normalized spacial score (nSPS) is 27.4. The van der Waals surface area contributed by atoms with E-state index >= 15 is 0 Å². The number of hydrogen-bond donors (Lipinski definition) is 1. The number of benzene rings is 1. The molecule has 7 rings (SSSR count). The number of halogens is 2. The number of rotatable bonds is 8. The molecule has 1 aromatic carbocycles. The molecule has 2 aliphatic heterocycles. The molecular formula is C31H37Cl2N7O4. The van der Waals surface area contributed by atoms with Gasteiger partial charge in [0.25, 0.3) is 0 Å². The van der Waals surface area contributed by atoms with Gasteiger partial charge >= 0.3 is 11.9 Å². The fourth-order valence-corrected chi connectivity index (χ4v) is 8.00. The van der Waals surface area contributed by atoms with Gasteiger partial charge in [0.2, 0.25) is 5.95 Å². The van der Waals surface area contributed by atoms with E-state index in [1.54, 1.807) is 16.8 Å². The summed E-state index contributed by atoms with van der Waals surface area (Å²) in [6, 6.07) is 5.47. The number of likely N-dealkylation sites (tertiary alicyclic amines) is 1. The molecule has 44 heavy (non-hydrogen) atoms. The van der Waals surface area contributed by atoms with Gasteiger partial charge in [-0.25, -0.2) is 9.67 Å². The summed E-state index contributed by atoms with van der Waals surface area (Å²) in [6.45, 7) is 8.99. The smallest absolute Gasteiger partial charge is 0.309 e. The van der Waals surface area contributed by atoms with Crippen LogP contribution >= 0.6 is 23.2 Å². The summed E-state index contributed by atoms with van der Waals surface area (Å²) in [5.41, 5.74) is 1.14. The Kier molecular flexibility index (Phi) is 7.29. The Morgan fingerprint density at radius 2 is 1.86 bits per heavy atom. The van der Waals surface area contributed by atoms with E-state index in [0.717, 1.165) is 51.0 Å². The molecule has 0 radical (unpaired) electrons. The number of carbonyl (C=O) groups is 2. The van der Waals surface area contributed by atoms with Crippen LogP contribution in [0, 0.1) is 17.3 Å². The number of aliphatic carboxylic acids is 1. The van der Waals surface area contributed by atoms with Crippen molar-refractivity contribution in [2.24, 2.45) is 17.3 Å². The van der Waals surface area contributed by atoms with Gasteiger partial charge in [0, 0.05) is 42.6 Å². The number of piperidine rings is 1. The van der Waals surface area contributed by atoms with E-state index in [1.165, 1.54) is 13.3 Å². The van der Waals surface area contributed by atoms with Crippen molar-refractivity contribution >= 4 is 52.3 Å². The van der Waals surface area contributed by atoms with Gasteiger partial charge in [-0.2, -0.15) is 4.98 Å². The highest BCUT2D eigenvalue weighted by molar-refractivity contribution is 6.35. The van der Waals surface area contributed by atoms with Crippen molar-refractivity contribution in [2.45, 2.75) is 77.0 Å². The number of ether oxygens (including phenoxy) is 1. The van der Waals surface area contributed by atoms with E-state index in [-0.39, 0.29) is 12.0 Å². The maximum Gasteiger partial charge on any atom is 0.309 e. The minimum absolute atomic E-state index is 0.281. The van der Waals surface area contributed by atoms with Crippen LogP contribution in [-0.2, 0) is 19.9 Å². The van der Waals surface area contributed by atoms with Crippen LogP contribution in [0.4, 0.5) is 5.95 Å². The molecule has 4 fully saturated rings. The largest absolute Gasteiger partial charge is 0.481 e. The van der Waals surface area contributed by atoms with Crippen molar-refractivity contribution in [3.63, 3.8) is 0 Å². The molecule has 2 saturated carbocycles. The molecule has 4 aliphatic rings. The fraction of sp³-hybridized carbons (Fsp3) is 0.613. The summed E-state index contributed by atoms with van der Waals surface area (Å²) in [5, 5.41) is 19.6. The number of esters is 1. The molecule has 3 aromatic rings. The van der Waals surface area contributed by atoms with Crippen LogP contribution in [0.3, 0.4) is 0 Å². The van der Waals surface area contributed by atoms with E-state index in [1.807, 2.05) is 19.9 Å². The summed E-state index contributed by atoms with van der Waals surface area (Å²) in [7, 11) is 0. The standard InChI is InChI=1S/C31H37Cl2N7O4/c1-17(23-7-6-21(32)11-24(23)33)40-27-25(36-37-40)26(31(8-9-31)44-18(2)41)34-29(35-27)39-15-20(16-39)19-5-4-10-38(14-19)22-12-30(3,13-22)28(42)43/h6-7,11,17,19-20,22H,4-5,8-10,12-16H2,1-3H3,(H,42,43)/t17-,19+,22?,30?/m1/s1. The second-order valence-electron chi connectivity index (χ2n) is 13.5. The van der Waals surface area contributed by atoms with Crippen LogP contribution in [0.15, 0.2) is 18.2 Å². The third kappa shape index (κ3) is 5.10. The van der Waals surface area contributed by atoms with Gasteiger partial charge in [0.1, 0.15) is 5.69 Å². The van der Waals surface area contributed by atoms with Crippen molar-refractivity contribution in [1.29, 1.82) is 0 Å². The number of carboxylic acid groups (broad SMARTS) is 1. The van der Waals surface area contributed by atoms with E-state index in [2.05, 4.69) is 20.1 Å². The molecule has 4 heterocycles. The molecule has 2 aromatic heterocycles. The number of carbonyl (C=O) groups excluding carboxylic acids is 1. The maximum atomic E-state index is 12.1. The van der Waals surface area contributed by atoms with Crippen LogP contribution in [0.2, 0.25) is 10.0 Å². The maximum absolute atomic E-state index is 12.1. The molecular weight excluding hydrogens is 605 g/mol. The summed E-state index contributed by atoms with van der Waals surface area (Å²) in [4.78, 5) is 38.4. The lowest BCUT2D eigenvalue weighted by atomic mass is 9.65. The Morgan fingerprint density at radius 3 is 2.52 bits per heavy atom. The summed E-state index contributed by atoms with van der Waals surface area (Å²) < 4.78 is 7.56. The second-order valence-corrected chi connectivity index (χ2v) is 14.3. The average molecular weight is 643 g/mol. The lowest BCUT2D eigenvalue weighted by Gasteiger charge is -2.52. The van der Waals surface area contributed by atoms with E-state index < -0.39 is 17.0 Å². The number of carboxylic acids is 1. The highest BCUT2D eigenvalue weighted by atomic mass is 35.5. The molecule has 2 atom stereocenters. The molecule has 0 spiro atoms.